The van der Waals surface area contributed by atoms with Gasteiger partial charge in [-0.3, -0.25) is 24.8 Å². The second kappa shape index (κ2) is 8.70. The highest BCUT2D eigenvalue weighted by Crippen LogP contribution is 2.34. The average molecular weight is 475 g/mol. The summed E-state index contributed by atoms with van der Waals surface area (Å²) in [4.78, 5) is 33.0. The van der Waals surface area contributed by atoms with E-state index in [-0.39, 0.29) is 11.8 Å². The van der Waals surface area contributed by atoms with Crippen LogP contribution in [0.3, 0.4) is 0 Å². The quantitative estimate of drug-likeness (QED) is 0.315. The zero-order valence-corrected chi connectivity index (χ0v) is 19.6. The maximum absolute atomic E-state index is 12.1. The highest BCUT2D eigenvalue weighted by molar-refractivity contribution is 6.00. The van der Waals surface area contributed by atoms with Crippen molar-refractivity contribution in [2.24, 2.45) is 5.92 Å². The zero-order valence-electron chi connectivity index (χ0n) is 19.6. The molecule has 1 amide bonds. The van der Waals surface area contributed by atoms with Crippen LogP contribution in [0.15, 0.2) is 73.7 Å². The Hall–Kier alpha value is -4.92. The fourth-order valence-electron chi connectivity index (χ4n) is 4.16. The van der Waals surface area contributed by atoms with Crippen LogP contribution in [0.5, 0.6) is 0 Å². The Labute approximate surface area is 206 Å². The first-order chi connectivity index (χ1) is 17.6. The number of aromatic nitrogens is 7. The van der Waals surface area contributed by atoms with Crippen LogP contribution >= 0.6 is 0 Å². The van der Waals surface area contributed by atoms with Crippen LogP contribution in [0, 0.1) is 5.92 Å². The zero-order chi connectivity index (χ0) is 24.6. The van der Waals surface area contributed by atoms with Gasteiger partial charge in [0.25, 0.3) is 0 Å². The lowest BCUT2D eigenvalue weighted by molar-refractivity contribution is -0.118. The molecule has 0 fully saturated rings. The van der Waals surface area contributed by atoms with Crippen molar-refractivity contribution in [3.8, 4) is 33.6 Å². The largest absolute Gasteiger partial charge is 0.352 e. The second-order valence-electron chi connectivity index (χ2n) is 8.87. The number of nitrogens with zero attached hydrogens (tertiary/aromatic N) is 5. The van der Waals surface area contributed by atoms with Crippen molar-refractivity contribution in [2.75, 3.05) is 5.32 Å². The first-order valence-corrected chi connectivity index (χ1v) is 11.5. The van der Waals surface area contributed by atoms with Crippen LogP contribution in [-0.2, 0) is 4.79 Å². The summed E-state index contributed by atoms with van der Waals surface area (Å²) in [6.45, 7) is 3.70. The van der Waals surface area contributed by atoms with Gasteiger partial charge in [0.2, 0.25) is 5.91 Å². The highest BCUT2D eigenvalue weighted by Gasteiger charge is 2.15. The third-order valence-corrected chi connectivity index (χ3v) is 6.08. The van der Waals surface area contributed by atoms with E-state index in [1.165, 1.54) is 0 Å². The van der Waals surface area contributed by atoms with E-state index >= 15 is 0 Å². The van der Waals surface area contributed by atoms with E-state index in [2.05, 4.69) is 46.5 Å². The van der Waals surface area contributed by atoms with Crippen molar-refractivity contribution >= 4 is 33.5 Å². The van der Waals surface area contributed by atoms with E-state index in [9.17, 15) is 4.79 Å². The Morgan fingerprint density at radius 2 is 1.67 bits per heavy atom. The number of amides is 1. The van der Waals surface area contributed by atoms with E-state index < -0.39 is 0 Å². The van der Waals surface area contributed by atoms with Crippen molar-refractivity contribution in [1.82, 2.24) is 35.1 Å². The van der Waals surface area contributed by atoms with Crippen LogP contribution in [0.2, 0.25) is 0 Å². The number of pyridine rings is 4. The van der Waals surface area contributed by atoms with Crippen molar-refractivity contribution in [2.45, 2.75) is 13.8 Å². The van der Waals surface area contributed by atoms with Gasteiger partial charge in [-0.25, -0.2) is 4.98 Å². The van der Waals surface area contributed by atoms with Crippen LogP contribution in [-0.4, -0.2) is 41.0 Å². The summed E-state index contributed by atoms with van der Waals surface area (Å²) in [5.41, 5.74) is 7.66. The van der Waals surface area contributed by atoms with Gasteiger partial charge in [-0.1, -0.05) is 13.8 Å². The third kappa shape index (κ3) is 3.86. The lowest BCUT2D eigenvalue weighted by Gasteiger charge is -2.09. The van der Waals surface area contributed by atoms with E-state index in [1.54, 1.807) is 31.0 Å². The van der Waals surface area contributed by atoms with E-state index in [0.717, 1.165) is 49.9 Å². The minimum Gasteiger partial charge on any atom is -0.352 e. The summed E-state index contributed by atoms with van der Waals surface area (Å²) in [6, 6.07) is 9.95. The molecule has 0 spiro atoms. The van der Waals surface area contributed by atoms with Crippen molar-refractivity contribution < 1.29 is 4.79 Å². The Balaban J connectivity index is 1.41. The van der Waals surface area contributed by atoms with Gasteiger partial charge in [0.15, 0.2) is 5.65 Å². The minimum absolute atomic E-state index is 0.0564. The fraction of sp³-hybridized carbons (Fsp3) is 0.111. The molecule has 9 nitrogen and oxygen atoms in total. The standard InChI is InChI=1S/C27H22N8O/c1-15(2)27(36)32-19-7-17(10-29-12-19)18-8-21-25(34-35-26(21)31-11-18)23-9-20-22(13-30-14-24(20)33-23)16-3-5-28-6-4-16/h3-15,33H,1-2H3,(H,32,36)(H,31,34,35). The predicted octanol–water partition coefficient (Wildman–Crippen LogP) is 5.22. The number of fused-ring (bicyclic) bond motifs is 2. The lowest BCUT2D eigenvalue weighted by Crippen LogP contribution is -2.17. The van der Waals surface area contributed by atoms with Crippen LogP contribution < -0.4 is 5.32 Å². The molecular formula is C27H22N8O. The fourth-order valence-corrected chi connectivity index (χ4v) is 4.16. The molecule has 9 heteroatoms. The topological polar surface area (TPSA) is 125 Å². The van der Waals surface area contributed by atoms with E-state index in [4.69, 9.17) is 0 Å². The van der Waals surface area contributed by atoms with Gasteiger partial charge >= 0.3 is 0 Å². The number of carbonyl (C=O) groups excluding carboxylic acids is 1. The minimum atomic E-state index is -0.120. The van der Waals surface area contributed by atoms with Crippen LogP contribution in [0.25, 0.3) is 55.6 Å². The molecule has 6 rings (SSSR count). The number of carbonyl (C=O) groups is 1. The summed E-state index contributed by atoms with van der Waals surface area (Å²) in [5, 5.41) is 12.4. The Morgan fingerprint density at radius 1 is 0.861 bits per heavy atom. The Bertz CT molecular complexity index is 1720. The van der Waals surface area contributed by atoms with Gasteiger partial charge in [0.05, 0.1) is 35.0 Å². The van der Waals surface area contributed by atoms with Gasteiger partial charge in [-0.05, 0) is 35.9 Å². The van der Waals surface area contributed by atoms with E-state index in [1.807, 2.05) is 50.5 Å². The molecule has 0 aliphatic rings. The first kappa shape index (κ1) is 21.6. The summed E-state index contributed by atoms with van der Waals surface area (Å²) < 4.78 is 0. The van der Waals surface area contributed by atoms with Crippen LogP contribution in [0.4, 0.5) is 5.69 Å². The molecular weight excluding hydrogens is 452 g/mol. The van der Waals surface area contributed by atoms with E-state index in [0.29, 0.717) is 11.3 Å². The Morgan fingerprint density at radius 3 is 2.50 bits per heavy atom. The molecule has 0 aliphatic carbocycles. The van der Waals surface area contributed by atoms with Crippen molar-refractivity contribution in [1.29, 1.82) is 0 Å². The average Bonchev–Trinajstić information content (AvgIpc) is 3.53. The number of H-pyrrole nitrogens is 2. The summed E-state index contributed by atoms with van der Waals surface area (Å²) in [7, 11) is 0. The summed E-state index contributed by atoms with van der Waals surface area (Å²) >= 11 is 0. The lowest BCUT2D eigenvalue weighted by atomic mass is 10.0. The normalized spacial score (nSPS) is 11.4. The number of hydrogen-bond donors (Lipinski definition) is 3. The van der Waals surface area contributed by atoms with Gasteiger partial charge < -0.3 is 10.3 Å². The molecule has 6 aromatic rings. The molecule has 3 N–H and O–H groups in total. The van der Waals surface area contributed by atoms with Gasteiger partial charge in [-0.15, -0.1) is 0 Å². The molecule has 6 aromatic heterocycles. The molecule has 0 atom stereocenters. The third-order valence-electron chi connectivity index (χ3n) is 6.08. The molecule has 0 saturated carbocycles. The summed E-state index contributed by atoms with van der Waals surface area (Å²) in [5.74, 6) is -0.176. The van der Waals surface area contributed by atoms with Gasteiger partial charge in [0, 0.05) is 64.4 Å². The first-order valence-electron chi connectivity index (χ1n) is 11.5. The molecule has 0 bridgehead atoms. The number of aromatic amines is 2. The maximum atomic E-state index is 12.1. The van der Waals surface area contributed by atoms with Gasteiger partial charge in [0.1, 0.15) is 0 Å². The number of rotatable bonds is 5. The molecule has 0 radical (unpaired) electrons. The molecule has 6 heterocycles. The van der Waals surface area contributed by atoms with Crippen LogP contribution in [0.1, 0.15) is 13.8 Å². The molecule has 176 valence electrons. The smallest absolute Gasteiger partial charge is 0.226 e. The number of hydrogen-bond acceptors (Lipinski definition) is 6. The van der Waals surface area contributed by atoms with Crippen molar-refractivity contribution in [3.05, 3.63) is 73.7 Å². The molecule has 0 unspecified atom stereocenters. The SMILES string of the molecule is CC(C)C(=O)Nc1cncc(-c2cnc3n[nH]c(-c4cc5c(-c6ccncc6)cncc5[nH]4)c3c2)c1. The maximum Gasteiger partial charge on any atom is 0.226 e. The molecule has 36 heavy (non-hydrogen) atoms. The Kier molecular flexibility index (Phi) is 5.22. The predicted molar refractivity (Wildman–Crippen MR) is 139 cm³/mol. The summed E-state index contributed by atoms with van der Waals surface area (Å²) in [6.07, 6.45) is 12.4. The molecule has 0 aliphatic heterocycles. The second-order valence-corrected chi connectivity index (χ2v) is 8.87. The van der Waals surface area contributed by atoms with Crippen molar-refractivity contribution in [3.63, 3.8) is 0 Å². The monoisotopic (exact) mass is 474 g/mol. The van der Waals surface area contributed by atoms with Gasteiger partial charge in [-0.2, -0.15) is 5.10 Å². The highest BCUT2D eigenvalue weighted by atomic mass is 16.1. The molecule has 0 saturated heterocycles. The number of anilines is 1. The molecule has 0 aromatic carbocycles. The number of nitrogens with one attached hydrogen (secondary N) is 3.